The molecule has 1 aromatic heterocycles. The van der Waals surface area contributed by atoms with Crippen molar-refractivity contribution in [3.05, 3.63) is 87.1 Å². The molecule has 0 saturated heterocycles. The van der Waals surface area contributed by atoms with Crippen LogP contribution in [-0.4, -0.2) is 37.3 Å². The number of nitro benzene ring substituents is 1. The summed E-state index contributed by atoms with van der Waals surface area (Å²) >= 11 is 0. The summed E-state index contributed by atoms with van der Waals surface area (Å²) in [7, 11) is 0. The van der Waals surface area contributed by atoms with Crippen molar-refractivity contribution < 1.29 is 19.2 Å². The topological polar surface area (TPSA) is 135 Å². The van der Waals surface area contributed by atoms with Crippen molar-refractivity contribution >= 4 is 23.2 Å². The van der Waals surface area contributed by atoms with E-state index in [1.165, 1.54) is 36.4 Å². The second kappa shape index (κ2) is 9.17. The fourth-order valence-electron chi connectivity index (χ4n) is 3.65. The average Bonchev–Trinajstić information content (AvgIpc) is 3.20. The van der Waals surface area contributed by atoms with E-state index in [9.17, 15) is 19.3 Å². The molecule has 0 fully saturated rings. The Hall–Kier alpha value is -4.12. The zero-order valence-corrected chi connectivity index (χ0v) is 17.7. The van der Waals surface area contributed by atoms with E-state index >= 15 is 0 Å². The summed E-state index contributed by atoms with van der Waals surface area (Å²) < 4.78 is 14.8. The number of amides is 1. The molecule has 1 amide bonds. The van der Waals surface area contributed by atoms with Gasteiger partial charge in [-0.15, -0.1) is 0 Å². The first-order valence-corrected chi connectivity index (χ1v) is 10.2. The molecule has 0 spiro atoms. The van der Waals surface area contributed by atoms with Gasteiger partial charge in [-0.2, -0.15) is 10.1 Å². The van der Waals surface area contributed by atoms with Crippen LogP contribution in [0.3, 0.4) is 0 Å². The van der Waals surface area contributed by atoms with Crippen LogP contribution in [0.25, 0.3) is 0 Å². The predicted molar refractivity (Wildman–Crippen MR) is 118 cm³/mol. The number of aliphatic hydroxyl groups is 1. The van der Waals surface area contributed by atoms with E-state index in [1.54, 1.807) is 23.7 Å². The van der Waals surface area contributed by atoms with Crippen molar-refractivity contribution in [1.82, 2.24) is 14.8 Å². The van der Waals surface area contributed by atoms with Gasteiger partial charge in [-0.25, -0.2) is 9.07 Å². The molecule has 0 radical (unpaired) electrons. The van der Waals surface area contributed by atoms with Gasteiger partial charge in [-0.1, -0.05) is 0 Å². The summed E-state index contributed by atoms with van der Waals surface area (Å²) in [5.41, 5.74) is 1.81. The number of nitro groups is 1. The molecule has 2 aromatic carbocycles. The number of aromatic nitrogens is 3. The molecule has 3 N–H and O–H groups in total. The van der Waals surface area contributed by atoms with Crippen LogP contribution >= 0.6 is 0 Å². The Labute approximate surface area is 187 Å². The minimum atomic E-state index is -0.710. The average molecular weight is 452 g/mol. The maximum Gasteiger partial charge on any atom is 0.269 e. The number of nitrogens with zero attached hydrogens (tertiary/aromatic N) is 4. The van der Waals surface area contributed by atoms with Gasteiger partial charge in [0, 0.05) is 36.5 Å². The van der Waals surface area contributed by atoms with Crippen LogP contribution in [0.2, 0.25) is 0 Å². The van der Waals surface area contributed by atoms with Crippen molar-refractivity contribution in [2.75, 3.05) is 17.2 Å². The molecule has 1 aliphatic rings. The van der Waals surface area contributed by atoms with Crippen molar-refractivity contribution in [3.63, 3.8) is 0 Å². The summed E-state index contributed by atoms with van der Waals surface area (Å²) in [5.74, 6) is 0.0516. The monoisotopic (exact) mass is 452 g/mol. The number of carbonyl (C=O) groups is 1. The highest BCUT2D eigenvalue weighted by Gasteiger charge is 2.34. The van der Waals surface area contributed by atoms with Gasteiger partial charge in [0.1, 0.15) is 11.9 Å². The van der Waals surface area contributed by atoms with Crippen molar-refractivity contribution in [3.8, 4) is 0 Å². The van der Waals surface area contributed by atoms with Gasteiger partial charge in [0.05, 0.1) is 10.5 Å². The molecule has 1 aliphatic heterocycles. The third-order valence-electron chi connectivity index (χ3n) is 5.22. The molecule has 1 atom stereocenters. The lowest BCUT2D eigenvalue weighted by Crippen LogP contribution is -2.31. The third-order valence-corrected chi connectivity index (χ3v) is 5.22. The quantitative estimate of drug-likeness (QED) is 0.370. The molecule has 4 rings (SSSR count). The Morgan fingerprint density at radius 3 is 2.58 bits per heavy atom. The van der Waals surface area contributed by atoms with E-state index in [0.29, 0.717) is 47.1 Å². The highest BCUT2D eigenvalue weighted by molar-refractivity contribution is 6.06. The first-order valence-electron chi connectivity index (χ1n) is 10.2. The summed E-state index contributed by atoms with van der Waals surface area (Å²) in [6.45, 7) is 1.72. The number of anilines is 2. The minimum Gasteiger partial charge on any atom is -0.396 e. The maximum atomic E-state index is 13.3. The molecule has 2 heterocycles. The molecule has 3 aromatic rings. The predicted octanol–water partition coefficient (Wildman–Crippen LogP) is 3.18. The molecule has 0 bridgehead atoms. The fourth-order valence-corrected chi connectivity index (χ4v) is 3.65. The normalized spacial score (nSPS) is 15.1. The summed E-state index contributed by atoms with van der Waals surface area (Å²) in [5, 5.41) is 30.6. The lowest BCUT2D eigenvalue weighted by molar-refractivity contribution is -0.384. The van der Waals surface area contributed by atoms with E-state index in [0.717, 1.165) is 0 Å². The number of hydrogen-bond donors (Lipinski definition) is 3. The number of benzene rings is 2. The van der Waals surface area contributed by atoms with E-state index < -0.39 is 22.7 Å². The number of nitrogens with one attached hydrogen (secondary N) is 2. The second-order valence-electron chi connectivity index (χ2n) is 7.50. The van der Waals surface area contributed by atoms with E-state index in [2.05, 4.69) is 20.7 Å². The lowest BCUT2D eigenvalue weighted by atomic mass is 9.95. The van der Waals surface area contributed by atoms with E-state index in [-0.39, 0.29) is 12.3 Å². The molecule has 170 valence electrons. The summed E-state index contributed by atoms with van der Waals surface area (Å²) in [4.78, 5) is 28.4. The van der Waals surface area contributed by atoms with Gasteiger partial charge in [0.15, 0.2) is 5.82 Å². The molecule has 11 heteroatoms. The molecule has 33 heavy (non-hydrogen) atoms. The van der Waals surface area contributed by atoms with Crippen LogP contribution in [0.4, 0.5) is 21.7 Å². The molecule has 1 unspecified atom stereocenters. The van der Waals surface area contributed by atoms with Gasteiger partial charge in [-0.3, -0.25) is 14.9 Å². The number of halogens is 1. The van der Waals surface area contributed by atoms with Crippen molar-refractivity contribution in [2.24, 2.45) is 0 Å². The third kappa shape index (κ3) is 4.58. The largest absolute Gasteiger partial charge is 0.396 e. The zero-order valence-electron chi connectivity index (χ0n) is 17.7. The van der Waals surface area contributed by atoms with E-state index in [1.807, 2.05) is 0 Å². The van der Waals surface area contributed by atoms with Gasteiger partial charge in [-0.05, 0) is 55.3 Å². The van der Waals surface area contributed by atoms with Crippen LogP contribution in [0.1, 0.15) is 30.8 Å². The standard InChI is InChI=1S/C22H21FN6O4/c1-13-19(21(31)25-16-8-6-15(23)7-9-16)20(14-4-10-17(11-5-14)29(32)33)28-22(24-13)26-18(27-28)3-2-12-30/h4-11,20,30H,2-3,12H2,1H3,(H,25,31)(H,24,26,27). The van der Waals surface area contributed by atoms with Gasteiger partial charge in [0.2, 0.25) is 5.95 Å². The number of allylic oxidation sites excluding steroid dienone is 1. The van der Waals surface area contributed by atoms with Crippen molar-refractivity contribution in [1.29, 1.82) is 0 Å². The van der Waals surface area contributed by atoms with Crippen LogP contribution in [0.5, 0.6) is 0 Å². The smallest absolute Gasteiger partial charge is 0.269 e. The van der Waals surface area contributed by atoms with Gasteiger partial charge in [0.25, 0.3) is 11.6 Å². The number of aryl methyl sites for hydroxylation is 1. The number of rotatable bonds is 7. The highest BCUT2D eigenvalue weighted by atomic mass is 19.1. The number of hydrogen-bond acceptors (Lipinski definition) is 7. The molecular weight excluding hydrogens is 431 g/mol. The fraction of sp³-hybridized carbons (Fsp3) is 0.227. The molecular formula is C22H21FN6O4. The Balaban J connectivity index is 1.75. The number of fused-ring (bicyclic) bond motifs is 1. The van der Waals surface area contributed by atoms with Crippen LogP contribution < -0.4 is 10.6 Å². The number of aliphatic hydroxyl groups excluding tert-OH is 1. The number of carbonyl (C=O) groups excluding carboxylic acids is 1. The maximum absolute atomic E-state index is 13.3. The van der Waals surface area contributed by atoms with Crippen LogP contribution in [-0.2, 0) is 11.2 Å². The highest BCUT2D eigenvalue weighted by Crippen LogP contribution is 2.36. The Bertz CT molecular complexity index is 1220. The molecule has 0 saturated carbocycles. The molecule has 10 nitrogen and oxygen atoms in total. The second-order valence-corrected chi connectivity index (χ2v) is 7.50. The van der Waals surface area contributed by atoms with Gasteiger partial charge < -0.3 is 15.7 Å². The van der Waals surface area contributed by atoms with Crippen molar-refractivity contribution in [2.45, 2.75) is 25.8 Å². The molecule has 0 aliphatic carbocycles. The lowest BCUT2D eigenvalue weighted by Gasteiger charge is -2.28. The Kier molecular flexibility index (Phi) is 6.13. The zero-order chi connectivity index (χ0) is 23.5. The summed E-state index contributed by atoms with van der Waals surface area (Å²) in [6, 6.07) is 10.6. The van der Waals surface area contributed by atoms with Crippen LogP contribution in [0.15, 0.2) is 59.8 Å². The Morgan fingerprint density at radius 2 is 1.94 bits per heavy atom. The van der Waals surface area contributed by atoms with Gasteiger partial charge >= 0.3 is 0 Å². The van der Waals surface area contributed by atoms with Crippen LogP contribution in [0, 0.1) is 15.9 Å². The first-order chi connectivity index (χ1) is 15.9. The van der Waals surface area contributed by atoms with E-state index in [4.69, 9.17) is 5.11 Å². The SMILES string of the molecule is CC1=C(C(=O)Nc2ccc(F)cc2)C(c2ccc([N+](=O)[O-])cc2)n2nc(CCCO)nc2N1. The minimum absolute atomic E-state index is 0.00825. The first kappa shape index (κ1) is 22.1. The summed E-state index contributed by atoms with van der Waals surface area (Å²) in [6.07, 6.45) is 0.928. The Morgan fingerprint density at radius 1 is 1.24 bits per heavy atom. The number of non-ortho nitro benzene ring substituents is 1.